The van der Waals surface area contributed by atoms with Crippen LogP contribution in [0.25, 0.3) is 0 Å². The molecule has 0 atom stereocenters. The number of hydrogen-bond acceptors (Lipinski definition) is 3. The van der Waals surface area contributed by atoms with Gasteiger partial charge in [-0.25, -0.2) is 0 Å². The minimum Gasteiger partial charge on any atom is -0.394 e. The van der Waals surface area contributed by atoms with Crippen LogP contribution in [-0.4, -0.2) is 16.3 Å². The summed E-state index contributed by atoms with van der Waals surface area (Å²) in [6, 6.07) is 8.37. The molecule has 0 unspecified atom stereocenters. The van der Waals surface area contributed by atoms with Gasteiger partial charge in [0.15, 0.2) is 5.82 Å². The van der Waals surface area contributed by atoms with E-state index in [0.29, 0.717) is 0 Å². The molecule has 0 aliphatic heterocycles. The summed E-state index contributed by atoms with van der Waals surface area (Å²) in [4.78, 5) is 2.23. The Morgan fingerprint density at radius 1 is 1.25 bits per heavy atom. The number of para-hydroxylation sites is 1. The van der Waals surface area contributed by atoms with Gasteiger partial charge >= 0.3 is 0 Å². The third-order valence-electron chi connectivity index (χ3n) is 3.59. The van der Waals surface area contributed by atoms with Crippen molar-refractivity contribution in [3.63, 3.8) is 0 Å². The predicted octanol–water partition coefficient (Wildman–Crippen LogP) is 3.42. The predicted molar refractivity (Wildman–Crippen MR) is 85.5 cm³/mol. The first-order valence-corrected chi connectivity index (χ1v) is 7.24. The zero-order valence-corrected chi connectivity index (χ0v) is 12.8. The van der Waals surface area contributed by atoms with E-state index in [9.17, 15) is 0 Å². The summed E-state index contributed by atoms with van der Waals surface area (Å²) in [5.41, 5.74) is 10.6. The van der Waals surface area contributed by atoms with Gasteiger partial charge in [-0.3, -0.25) is 4.68 Å². The van der Waals surface area contributed by atoms with Crippen molar-refractivity contribution in [1.29, 1.82) is 0 Å². The molecule has 0 amide bonds. The minimum atomic E-state index is 0.805. The number of aryl methyl sites for hydroxylation is 3. The Morgan fingerprint density at radius 3 is 2.55 bits per heavy atom. The fourth-order valence-corrected chi connectivity index (χ4v) is 2.63. The molecule has 0 bridgehead atoms. The number of nitrogens with zero attached hydrogens (tertiary/aromatic N) is 3. The molecule has 0 fully saturated rings. The van der Waals surface area contributed by atoms with Gasteiger partial charge in [0.2, 0.25) is 0 Å². The van der Waals surface area contributed by atoms with E-state index in [2.05, 4.69) is 55.0 Å². The smallest absolute Gasteiger partial charge is 0.154 e. The maximum Gasteiger partial charge on any atom is 0.154 e. The molecule has 0 spiro atoms. The van der Waals surface area contributed by atoms with Gasteiger partial charge < -0.3 is 10.6 Å². The molecule has 2 aromatic rings. The van der Waals surface area contributed by atoms with Gasteiger partial charge in [0.05, 0.1) is 11.4 Å². The van der Waals surface area contributed by atoms with Crippen molar-refractivity contribution < 1.29 is 0 Å². The maximum absolute atomic E-state index is 6.33. The van der Waals surface area contributed by atoms with E-state index in [-0.39, 0.29) is 0 Å². The van der Waals surface area contributed by atoms with Gasteiger partial charge in [-0.1, -0.05) is 31.5 Å². The molecule has 0 radical (unpaired) electrons. The van der Waals surface area contributed by atoms with E-state index in [1.807, 2.05) is 11.7 Å². The normalized spacial score (nSPS) is 10.8. The van der Waals surface area contributed by atoms with Crippen LogP contribution in [0.3, 0.4) is 0 Å². The van der Waals surface area contributed by atoms with E-state index < -0.39 is 0 Å². The molecule has 4 heteroatoms. The van der Waals surface area contributed by atoms with E-state index in [0.717, 1.165) is 36.6 Å². The molecule has 0 aliphatic carbocycles. The SMILES string of the molecule is CCCc1nn(C)c(N(CC)c2ccccc2C)c1N. The number of anilines is 3. The second kappa shape index (κ2) is 5.99. The molecule has 1 aromatic carbocycles. The summed E-state index contributed by atoms with van der Waals surface area (Å²) in [5.74, 6) is 0.991. The first kappa shape index (κ1) is 14.4. The molecule has 108 valence electrons. The van der Waals surface area contributed by atoms with Crippen molar-refractivity contribution in [2.75, 3.05) is 17.2 Å². The number of aromatic nitrogens is 2. The molecule has 20 heavy (non-hydrogen) atoms. The van der Waals surface area contributed by atoms with Crippen LogP contribution >= 0.6 is 0 Å². The third-order valence-corrected chi connectivity index (χ3v) is 3.59. The number of nitrogen functional groups attached to an aromatic ring is 1. The van der Waals surface area contributed by atoms with Crippen LogP contribution in [-0.2, 0) is 13.5 Å². The highest BCUT2D eigenvalue weighted by atomic mass is 15.4. The summed E-state index contributed by atoms with van der Waals surface area (Å²) >= 11 is 0. The van der Waals surface area contributed by atoms with Crippen LogP contribution < -0.4 is 10.6 Å². The second-order valence-corrected chi connectivity index (χ2v) is 5.09. The van der Waals surface area contributed by atoms with Gasteiger partial charge in [-0.2, -0.15) is 5.10 Å². The summed E-state index contributed by atoms with van der Waals surface area (Å²) in [6.45, 7) is 7.27. The standard InChI is InChI=1S/C16H24N4/c1-5-9-13-15(17)16(19(4)18-13)20(6-2)14-11-8-7-10-12(14)3/h7-8,10-11H,5-6,9,17H2,1-4H3. The highest BCUT2D eigenvalue weighted by Gasteiger charge is 2.20. The van der Waals surface area contributed by atoms with E-state index in [4.69, 9.17) is 5.73 Å². The topological polar surface area (TPSA) is 47.1 Å². The summed E-state index contributed by atoms with van der Waals surface area (Å²) < 4.78 is 1.90. The number of hydrogen-bond donors (Lipinski definition) is 1. The average Bonchev–Trinajstić information content (AvgIpc) is 2.70. The van der Waals surface area contributed by atoms with Crippen LogP contribution in [0.4, 0.5) is 17.2 Å². The Labute approximate surface area is 121 Å². The quantitative estimate of drug-likeness (QED) is 0.907. The monoisotopic (exact) mass is 272 g/mol. The Balaban J connectivity index is 2.50. The van der Waals surface area contributed by atoms with Gasteiger partial charge in [-0.05, 0) is 31.9 Å². The van der Waals surface area contributed by atoms with Crippen molar-refractivity contribution in [3.05, 3.63) is 35.5 Å². The van der Waals surface area contributed by atoms with Crippen LogP contribution in [0.5, 0.6) is 0 Å². The molecule has 0 aliphatic rings. The van der Waals surface area contributed by atoms with Crippen LogP contribution in [0.2, 0.25) is 0 Å². The Bertz CT molecular complexity index is 586. The van der Waals surface area contributed by atoms with Crippen molar-refractivity contribution >= 4 is 17.2 Å². The summed E-state index contributed by atoms with van der Waals surface area (Å²) in [5, 5.41) is 4.57. The number of rotatable bonds is 5. The minimum absolute atomic E-state index is 0.805. The lowest BCUT2D eigenvalue weighted by atomic mass is 10.1. The van der Waals surface area contributed by atoms with E-state index in [1.165, 1.54) is 11.3 Å². The molecule has 1 aromatic heterocycles. The second-order valence-electron chi connectivity index (χ2n) is 5.09. The third kappa shape index (κ3) is 2.50. The number of benzene rings is 1. The zero-order valence-electron chi connectivity index (χ0n) is 12.8. The molecule has 0 saturated carbocycles. The fraction of sp³-hybridized carbons (Fsp3) is 0.438. The Hall–Kier alpha value is -1.97. The van der Waals surface area contributed by atoms with Crippen LogP contribution in [0.15, 0.2) is 24.3 Å². The van der Waals surface area contributed by atoms with Gasteiger partial charge in [0.1, 0.15) is 0 Å². The highest BCUT2D eigenvalue weighted by Crippen LogP contribution is 2.33. The summed E-state index contributed by atoms with van der Waals surface area (Å²) in [6.07, 6.45) is 1.97. The summed E-state index contributed by atoms with van der Waals surface area (Å²) in [7, 11) is 1.96. The number of nitrogens with two attached hydrogens (primary N) is 1. The maximum atomic E-state index is 6.33. The molecular formula is C16H24N4. The first-order valence-electron chi connectivity index (χ1n) is 7.24. The average molecular weight is 272 g/mol. The van der Waals surface area contributed by atoms with Crippen molar-refractivity contribution in [3.8, 4) is 0 Å². The molecule has 4 nitrogen and oxygen atoms in total. The van der Waals surface area contributed by atoms with E-state index >= 15 is 0 Å². The lowest BCUT2D eigenvalue weighted by Gasteiger charge is -2.25. The van der Waals surface area contributed by atoms with Crippen molar-refractivity contribution in [1.82, 2.24) is 9.78 Å². The largest absolute Gasteiger partial charge is 0.394 e. The molecule has 1 heterocycles. The van der Waals surface area contributed by atoms with Crippen molar-refractivity contribution in [2.45, 2.75) is 33.6 Å². The zero-order chi connectivity index (χ0) is 14.7. The fourth-order valence-electron chi connectivity index (χ4n) is 2.63. The molecule has 2 N–H and O–H groups in total. The lowest BCUT2D eigenvalue weighted by molar-refractivity contribution is 0.723. The lowest BCUT2D eigenvalue weighted by Crippen LogP contribution is -2.21. The molecule has 2 rings (SSSR count). The van der Waals surface area contributed by atoms with Crippen LogP contribution in [0, 0.1) is 6.92 Å². The first-order chi connectivity index (χ1) is 9.60. The molecular weight excluding hydrogens is 248 g/mol. The Morgan fingerprint density at radius 2 is 1.95 bits per heavy atom. The highest BCUT2D eigenvalue weighted by molar-refractivity contribution is 5.75. The van der Waals surface area contributed by atoms with Crippen LogP contribution in [0.1, 0.15) is 31.5 Å². The van der Waals surface area contributed by atoms with E-state index in [1.54, 1.807) is 0 Å². The van der Waals surface area contributed by atoms with Gasteiger partial charge in [0.25, 0.3) is 0 Å². The van der Waals surface area contributed by atoms with Gasteiger partial charge in [0, 0.05) is 19.3 Å². The molecule has 0 saturated heterocycles. The van der Waals surface area contributed by atoms with Crippen molar-refractivity contribution in [2.24, 2.45) is 7.05 Å². The Kier molecular flexibility index (Phi) is 4.32. The van der Waals surface area contributed by atoms with Gasteiger partial charge in [-0.15, -0.1) is 0 Å².